The summed E-state index contributed by atoms with van der Waals surface area (Å²) in [5, 5.41) is 4.27. The van der Waals surface area contributed by atoms with Crippen molar-refractivity contribution in [1.82, 2.24) is 9.88 Å². The molecule has 162 valence electrons. The van der Waals surface area contributed by atoms with E-state index < -0.39 is 0 Å². The van der Waals surface area contributed by atoms with Gasteiger partial charge in [-0.3, -0.25) is 9.69 Å². The van der Waals surface area contributed by atoms with Crippen LogP contribution in [0.25, 0.3) is 10.2 Å². The Balaban J connectivity index is 1.62. The summed E-state index contributed by atoms with van der Waals surface area (Å²) in [5.41, 5.74) is 7.65. The Morgan fingerprint density at radius 2 is 2.00 bits per heavy atom. The summed E-state index contributed by atoms with van der Waals surface area (Å²) in [4.78, 5) is 33.1. The maximum absolute atomic E-state index is 13.2. The van der Waals surface area contributed by atoms with Gasteiger partial charge in [0, 0.05) is 36.8 Å². The first-order valence-corrected chi connectivity index (χ1v) is 11.5. The first-order chi connectivity index (χ1) is 14.9. The van der Waals surface area contributed by atoms with E-state index in [0.29, 0.717) is 58.1 Å². The molecule has 3 amide bonds. The average molecular weight is 478 g/mol. The minimum atomic E-state index is -0.356. The number of amides is 3. The zero-order chi connectivity index (χ0) is 22.0. The third-order valence-electron chi connectivity index (χ3n) is 5.12. The molecule has 1 fully saturated rings. The molecule has 2 aromatic carbocycles. The molecular weight excluding hydrogens is 457 g/mol. The summed E-state index contributed by atoms with van der Waals surface area (Å²) in [6.07, 6.45) is 2.42. The molecule has 0 spiro atoms. The number of hydrogen-bond acceptors (Lipinski definition) is 5. The molecule has 0 aliphatic carbocycles. The van der Waals surface area contributed by atoms with Gasteiger partial charge in [-0.2, -0.15) is 0 Å². The summed E-state index contributed by atoms with van der Waals surface area (Å²) < 4.78 is 0.829. The minimum Gasteiger partial charge on any atom is -0.375 e. The van der Waals surface area contributed by atoms with E-state index in [9.17, 15) is 9.59 Å². The van der Waals surface area contributed by atoms with Crippen LogP contribution in [0.3, 0.4) is 0 Å². The van der Waals surface area contributed by atoms with Crippen LogP contribution in [0.15, 0.2) is 36.4 Å². The van der Waals surface area contributed by atoms with E-state index in [1.54, 1.807) is 40.1 Å². The van der Waals surface area contributed by atoms with Crippen molar-refractivity contribution in [3.8, 4) is 0 Å². The number of hydrogen-bond donors (Lipinski definition) is 2. The van der Waals surface area contributed by atoms with Crippen LogP contribution in [-0.2, 0) is 4.79 Å². The molecule has 4 rings (SSSR count). The monoisotopic (exact) mass is 477 g/mol. The number of anilines is 3. The predicted octanol–water partition coefficient (Wildman–Crippen LogP) is 5.24. The fourth-order valence-corrected chi connectivity index (χ4v) is 4.67. The number of carbonyl (C=O) groups excluding carboxylic acids is 2. The van der Waals surface area contributed by atoms with Crippen molar-refractivity contribution in [2.45, 2.75) is 19.3 Å². The normalized spacial score (nSPS) is 14.1. The van der Waals surface area contributed by atoms with Crippen molar-refractivity contribution < 1.29 is 9.59 Å². The zero-order valence-electron chi connectivity index (χ0n) is 16.6. The Morgan fingerprint density at radius 3 is 2.74 bits per heavy atom. The smallest absolute Gasteiger partial charge is 0.326 e. The van der Waals surface area contributed by atoms with Gasteiger partial charge in [0.1, 0.15) is 0 Å². The van der Waals surface area contributed by atoms with Gasteiger partial charge in [0.25, 0.3) is 0 Å². The van der Waals surface area contributed by atoms with Crippen molar-refractivity contribution in [2.24, 2.45) is 0 Å². The molecule has 2 heterocycles. The minimum absolute atomic E-state index is 0.112. The Labute approximate surface area is 193 Å². The van der Waals surface area contributed by atoms with E-state index in [0.717, 1.165) is 17.5 Å². The Morgan fingerprint density at radius 1 is 1.23 bits per heavy atom. The summed E-state index contributed by atoms with van der Waals surface area (Å²) in [5.74, 6) is 0.112. The molecule has 1 saturated heterocycles. The highest BCUT2D eigenvalue weighted by Gasteiger charge is 2.24. The highest BCUT2D eigenvalue weighted by atomic mass is 35.5. The number of halogens is 2. The number of urea groups is 1. The van der Waals surface area contributed by atoms with Gasteiger partial charge < -0.3 is 16.0 Å². The van der Waals surface area contributed by atoms with E-state index in [1.165, 1.54) is 11.3 Å². The lowest BCUT2D eigenvalue weighted by atomic mass is 10.1. The number of nitrogens with one attached hydrogen (secondary N) is 1. The predicted molar refractivity (Wildman–Crippen MR) is 127 cm³/mol. The largest absolute Gasteiger partial charge is 0.375 e. The summed E-state index contributed by atoms with van der Waals surface area (Å²) in [7, 11) is 0. The van der Waals surface area contributed by atoms with Crippen molar-refractivity contribution in [3.63, 3.8) is 0 Å². The average Bonchev–Trinajstić information content (AvgIpc) is 3.10. The molecule has 0 unspecified atom stereocenters. The number of likely N-dealkylation sites (tertiary alicyclic amines) is 1. The number of piperidine rings is 1. The van der Waals surface area contributed by atoms with Gasteiger partial charge in [-0.05, 0) is 49.2 Å². The van der Waals surface area contributed by atoms with Gasteiger partial charge in [-0.25, -0.2) is 9.78 Å². The third-order valence-corrected chi connectivity index (χ3v) is 6.52. The van der Waals surface area contributed by atoms with Crippen LogP contribution >= 0.6 is 34.5 Å². The van der Waals surface area contributed by atoms with Crippen molar-refractivity contribution >= 4 is 73.2 Å². The highest BCUT2D eigenvalue weighted by molar-refractivity contribution is 7.22. The van der Waals surface area contributed by atoms with Crippen LogP contribution in [0.1, 0.15) is 19.3 Å². The maximum Gasteiger partial charge on any atom is 0.326 e. The van der Waals surface area contributed by atoms with Crippen LogP contribution in [-0.4, -0.2) is 41.5 Å². The number of nitrogen functional groups attached to an aromatic ring is 1. The Bertz CT molecular complexity index is 1120. The molecule has 7 nitrogen and oxygen atoms in total. The van der Waals surface area contributed by atoms with Crippen molar-refractivity contribution in [3.05, 3.63) is 46.4 Å². The van der Waals surface area contributed by atoms with Crippen molar-refractivity contribution in [1.29, 1.82) is 0 Å². The van der Waals surface area contributed by atoms with Crippen molar-refractivity contribution in [2.75, 3.05) is 35.6 Å². The first kappa shape index (κ1) is 21.7. The molecular formula is C21H21Cl2N5O2S. The SMILES string of the molecule is Nc1nc2cc(Cl)c(N(CCN3CCCCC3=O)C(=O)Nc3ccc(Cl)cc3)cc2s1. The molecule has 10 heteroatoms. The molecule has 0 saturated carbocycles. The first-order valence-electron chi connectivity index (χ1n) is 9.88. The van der Waals surface area contributed by atoms with Gasteiger partial charge in [0.15, 0.2) is 5.13 Å². The number of fused-ring (bicyclic) bond motifs is 1. The lowest BCUT2D eigenvalue weighted by Crippen LogP contribution is -2.44. The Kier molecular flexibility index (Phi) is 6.50. The zero-order valence-corrected chi connectivity index (χ0v) is 18.9. The van der Waals surface area contributed by atoms with E-state index in [4.69, 9.17) is 28.9 Å². The summed E-state index contributed by atoms with van der Waals surface area (Å²) >= 11 is 13.8. The van der Waals surface area contributed by atoms with Crippen LogP contribution in [0.4, 0.5) is 21.3 Å². The fraction of sp³-hybridized carbons (Fsp3) is 0.286. The van der Waals surface area contributed by atoms with E-state index in [2.05, 4.69) is 10.3 Å². The lowest BCUT2D eigenvalue weighted by molar-refractivity contribution is -0.133. The molecule has 0 radical (unpaired) electrons. The van der Waals surface area contributed by atoms with Gasteiger partial charge in [-0.1, -0.05) is 34.5 Å². The molecule has 3 aromatic rings. The second-order valence-corrected chi connectivity index (χ2v) is 9.16. The maximum atomic E-state index is 13.2. The molecule has 3 N–H and O–H groups in total. The number of aromatic nitrogens is 1. The van der Waals surface area contributed by atoms with Gasteiger partial charge in [-0.15, -0.1) is 0 Å². The molecule has 1 aromatic heterocycles. The number of thiazole rings is 1. The summed E-state index contributed by atoms with van der Waals surface area (Å²) in [6.45, 7) is 1.42. The van der Waals surface area contributed by atoms with Gasteiger partial charge >= 0.3 is 6.03 Å². The van der Waals surface area contributed by atoms with Crippen LogP contribution < -0.4 is 16.0 Å². The van der Waals surface area contributed by atoms with Crippen LogP contribution in [0, 0.1) is 0 Å². The number of carbonyl (C=O) groups is 2. The molecule has 0 bridgehead atoms. The standard InChI is InChI=1S/C21H21Cl2N5O2S/c22-13-4-6-14(7-5-13)25-21(30)28(10-9-27-8-2-1-3-19(27)29)17-12-18-16(11-15(17)23)26-20(24)31-18/h4-7,11-12H,1-3,8-10H2,(H2,24,26)(H,25,30). The third kappa shape index (κ3) is 5.03. The lowest BCUT2D eigenvalue weighted by Gasteiger charge is -2.30. The fourth-order valence-electron chi connectivity index (χ4n) is 3.54. The number of rotatable bonds is 5. The molecule has 0 atom stereocenters. The molecule has 1 aliphatic rings. The summed E-state index contributed by atoms with van der Waals surface area (Å²) in [6, 6.07) is 10.0. The highest BCUT2D eigenvalue weighted by Crippen LogP contribution is 2.35. The van der Waals surface area contributed by atoms with Crippen LogP contribution in [0.5, 0.6) is 0 Å². The Hall–Kier alpha value is -2.55. The second-order valence-electron chi connectivity index (χ2n) is 7.25. The van der Waals surface area contributed by atoms with E-state index >= 15 is 0 Å². The van der Waals surface area contributed by atoms with Gasteiger partial charge in [0.2, 0.25) is 5.91 Å². The van der Waals surface area contributed by atoms with E-state index in [-0.39, 0.29) is 11.9 Å². The second kappa shape index (κ2) is 9.30. The van der Waals surface area contributed by atoms with Crippen LogP contribution in [0.2, 0.25) is 10.0 Å². The number of benzene rings is 2. The topological polar surface area (TPSA) is 91.6 Å². The quantitative estimate of drug-likeness (QED) is 0.525. The van der Waals surface area contributed by atoms with Gasteiger partial charge in [0.05, 0.1) is 20.9 Å². The number of nitrogens with zero attached hydrogens (tertiary/aromatic N) is 3. The molecule has 1 aliphatic heterocycles. The molecule has 31 heavy (non-hydrogen) atoms. The van der Waals surface area contributed by atoms with E-state index in [1.807, 2.05) is 6.07 Å². The number of nitrogens with two attached hydrogens (primary N) is 1.